The molecule has 7 heteroatoms. The highest BCUT2D eigenvalue weighted by molar-refractivity contribution is 5.93. The van der Waals surface area contributed by atoms with Crippen molar-refractivity contribution in [3.63, 3.8) is 0 Å². The third-order valence-corrected chi connectivity index (χ3v) is 3.52. The van der Waals surface area contributed by atoms with Crippen molar-refractivity contribution in [3.05, 3.63) is 53.9 Å². The molecule has 0 radical (unpaired) electrons. The molecule has 0 saturated heterocycles. The highest BCUT2D eigenvalue weighted by Crippen LogP contribution is 2.09. The number of nitrogens with zero attached hydrogens (tertiary/aromatic N) is 3. The van der Waals surface area contributed by atoms with Gasteiger partial charge < -0.3 is 10.2 Å². The van der Waals surface area contributed by atoms with E-state index in [9.17, 15) is 14.0 Å². The maximum absolute atomic E-state index is 12.9. The predicted octanol–water partition coefficient (Wildman–Crippen LogP) is 2.81. The number of amides is 2. The van der Waals surface area contributed by atoms with E-state index >= 15 is 0 Å². The lowest BCUT2D eigenvalue weighted by atomic mass is 10.2. The second kappa shape index (κ2) is 8.86. The molecule has 25 heavy (non-hydrogen) atoms. The molecule has 2 amide bonds. The summed E-state index contributed by atoms with van der Waals surface area (Å²) >= 11 is 0. The summed E-state index contributed by atoms with van der Waals surface area (Å²) < 4.78 is 12.9. The number of hydrogen-bond donors (Lipinski definition) is 1. The molecule has 1 aromatic carbocycles. The molecule has 0 atom stereocenters. The smallest absolute Gasteiger partial charge is 0.274 e. The molecule has 2 rings (SSSR count). The van der Waals surface area contributed by atoms with Gasteiger partial charge >= 0.3 is 0 Å². The van der Waals surface area contributed by atoms with Gasteiger partial charge in [0.15, 0.2) is 0 Å². The molecule has 1 aromatic heterocycles. The summed E-state index contributed by atoms with van der Waals surface area (Å²) in [7, 11) is 0. The van der Waals surface area contributed by atoms with Crippen LogP contribution in [-0.4, -0.2) is 39.8 Å². The quantitative estimate of drug-likeness (QED) is 0.838. The lowest BCUT2D eigenvalue weighted by molar-refractivity contribution is -0.116. The van der Waals surface area contributed by atoms with Crippen molar-refractivity contribution in [2.24, 2.45) is 0 Å². The van der Waals surface area contributed by atoms with E-state index in [1.54, 1.807) is 18.0 Å². The zero-order valence-electron chi connectivity index (χ0n) is 14.3. The zero-order chi connectivity index (χ0) is 18.2. The first-order chi connectivity index (χ1) is 12.0. The fourth-order valence-electron chi connectivity index (χ4n) is 2.24. The van der Waals surface area contributed by atoms with Gasteiger partial charge in [-0.05, 0) is 37.6 Å². The summed E-state index contributed by atoms with van der Waals surface area (Å²) in [5.41, 5.74) is 1.51. The number of aromatic nitrogens is 2. The Morgan fingerprint density at radius 2 is 1.84 bits per heavy atom. The molecule has 0 bridgehead atoms. The first-order valence-corrected chi connectivity index (χ1v) is 8.13. The second-order valence-electron chi connectivity index (χ2n) is 5.64. The molecule has 1 N–H and O–H groups in total. The average Bonchev–Trinajstić information content (AvgIpc) is 2.60. The number of benzene rings is 1. The van der Waals surface area contributed by atoms with Gasteiger partial charge in [-0.1, -0.05) is 6.92 Å². The van der Waals surface area contributed by atoms with Crippen LogP contribution in [0.5, 0.6) is 0 Å². The summed E-state index contributed by atoms with van der Waals surface area (Å²) in [6.45, 7) is 4.55. The highest BCUT2D eigenvalue weighted by Gasteiger charge is 2.17. The Morgan fingerprint density at radius 1 is 1.12 bits per heavy atom. The molecule has 2 aromatic rings. The standard InChI is InChI=1S/C18H21FN4O2/c1-3-9-23(18(25)16-12-20-13(2)11-21-16)10-8-17(24)22-15-6-4-14(19)5-7-15/h4-7,11-12H,3,8-10H2,1-2H3,(H,22,24). The van der Waals surface area contributed by atoms with Crippen molar-refractivity contribution in [2.45, 2.75) is 26.7 Å². The van der Waals surface area contributed by atoms with Crippen LogP contribution in [0.25, 0.3) is 0 Å². The van der Waals surface area contributed by atoms with Crippen LogP contribution in [0.4, 0.5) is 10.1 Å². The number of hydrogen-bond acceptors (Lipinski definition) is 4. The van der Waals surface area contributed by atoms with E-state index in [1.807, 2.05) is 6.92 Å². The molecule has 0 aliphatic rings. The Morgan fingerprint density at radius 3 is 2.44 bits per heavy atom. The Balaban J connectivity index is 1.94. The van der Waals surface area contributed by atoms with Gasteiger partial charge in [0.1, 0.15) is 11.5 Å². The summed E-state index contributed by atoms with van der Waals surface area (Å²) in [6.07, 6.45) is 3.89. The maximum Gasteiger partial charge on any atom is 0.274 e. The van der Waals surface area contributed by atoms with E-state index in [0.717, 1.165) is 12.1 Å². The molecule has 0 saturated carbocycles. The number of anilines is 1. The molecular weight excluding hydrogens is 323 g/mol. The third-order valence-electron chi connectivity index (χ3n) is 3.52. The SMILES string of the molecule is CCCN(CCC(=O)Nc1ccc(F)cc1)C(=O)c1cnc(C)cn1. The van der Waals surface area contributed by atoms with E-state index in [2.05, 4.69) is 15.3 Å². The molecule has 0 fully saturated rings. The van der Waals surface area contributed by atoms with Crippen molar-refractivity contribution in [2.75, 3.05) is 18.4 Å². The fourth-order valence-corrected chi connectivity index (χ4v) is 2.24. The van der Waals surface area contributed by atoms with Crippen LogP contribution in [0, 0.1) is 12.7 Å². The van der Waals surface area contributed by atoms with Gasteiger partial charge in [-0.2, -0.15) is 0 Å². The van der Waals surface area contributed by atoms with Gasteiger partial charge in [-0.25, -0.2) is 9.37 Å². The number of aryl methyl sites for hydroxylation is 1. The van der Waals surface area contributed by atoms with Gasteiger partial charge in [-0.15, -0.1) is 0 Å². The number of rotatable bonds is 7. The summed E-state index contributed by atoms with van der Waals surface area (Å²) in [5.74, 6) is -0.851. The van der Waals surface area contributed by atoms with Crippen LogP contribution in [0.3, 0.4) is 0 Å². The summed E-state index contributed by atoms with van der Waals surface area (Å²) in [4.78, 5) is 34.3. The third kappa shape index (κ3) is 5.63. The normalized spacial score (nSPS) is 10.4. The van der Waals surface area contributed by atoms with Crippen LogP contribution >= 0.6 is 0 Å². The molecular formula is C18H21FN4O2. The average molecular weight is 344 g/mol. The first-order valence-electron chi connectivity index (χ1n) is 8.13. The van der Waals surface area contributed by atoms with Crippen LogP contribution < -0.4 is 5.32 Å². The van der Waals surface area contributed by atoms with Gasteiger partial charge in [0.25, 0.3) is 5.91 Å². The Kier molecular flexibility index (Phi) is 6.56. The van der Waals surface area contributed by atoms with Gasteiger partial charge in [0.2, 0.25) is 5.91 Å². The maximum atomic E-state index is 12.9. The molecule has 6 nitrogen and oxygen atoms in total. The molecule has 0 spiro atoms. The topological polar surface area (TPSA) is 75.2 Å². The minimum atomic E-state index is -0.364. The minimum absolute atomic E-state index is 0.141. The second-order valence-corrected chi connectivity index (χ2v) is 5.64. The Bertz CT molecular complexity index is 717. The predicted molar refractivity (Wildman–Crippen MR) is 92.6 cm³/mol. The van der Waals surface area contributed by atoms with Gasteiger partial charge in [0, 0.05) is 31.4 Å². The Hall–Kier alpha value is -2.83. The molecule has 0 aliphatic carbocycles. The number of carbonyl (C=O) groups excluding carboxylic acids is 2. The molecule has 1 heterocycles. The lowest BCUT2D eigenvalue weighted by Crippen LogP contribution is -2.35. The molecule has 132 valence electrons. The van der Waals surface area contributed by atoms with Crippen LogP contribution in [0.2, 0.25) is 0 Å². The van der Waals surface area contributed by atoms with E-state index in [0.29, 0.717) is 12.2 Å². The molecule has 0 unspecified atom stereocenters. The van der Waals surface area contributed by atoms with E-state index < -0.39 is 0 Å². The summed E-state index contributed by atoms with van der Waals surface area (Å²) in [5, 5.41) is 2.68. The largest absolute Gasteiger partial charge is 0.337 e. The van der Waals surface area contributed by atoms with Crippen LogP contribution in [0.15, 0.2) is 36.7 Å². The van der Waals surface area contributed by atoms with E-state index in [1.165, 1.54) is 30.5 Å². The van der Waals surface area contributed by atoms with E-state index in [-0.39, 0.29) is 36.3 Å². The minimum Gasteiger partial charge on any atom is -0.337 e. The van der Waals surface area contributed by atoms with Crippen molar-refractivity contribution in [1.82, 2.24) is 14.9 Å². The van der Waals surface area contributed by atoms with Crippen molar-refractivity contribution in [1.29, 1.82) is 0 Å². The summed E-state index contributed by atoms with van der Waals surface area (Å²) in [6, 6.07) is 5.53. The van der Waals surface area contributed by atoms with Gasteiger partial charge in [0.05, 0.1) is 11.9 Å². The van der Waals surface area contributed by atoms with Crippen molar-refractivity contribution >= 4 is 17.5 Å². The zero-order valence-corrected chi connectivity index (χ0v) is 14.3. The number of carbonyl (C=O) groups is 2. The monoisotopic (exact) mass is 344 g/mol. The molecule has 0 aliphatic heterocycles. The fraction of sp³-hybridized carbons (Fsp3) is 0.333. The highest BCUT2D eigenvalue weighted by atomic mass is 19.1. The lowest BCUT2D eigenvalue weighted by Gasteiger charge is -2.21. The van der Waals surface area contributed by atoms with Crippen LogP contribution in [0.1, 0.15) is 35.9 Å². The number of halogens is 1. The van der Waals surface area contributed by atoms with Crippen molar-refractivity contribution in [3.8, 4) is 0 Å². The Labute approximate surface area is 146 Å². The first kappa shape index (κ1) is 18.5. The van der Waals surface area contributed by atoms with Crippen LogP contribution in [-0.2, 0) is 4.79 Å². The number of nitrogens with one attached hydrogen (secondary N) is 1. The van der Waals surface area contributed by atoms with Gasteiger partial charge in [-0.3, -0.25) is 14.6 Å². The van der Waals surface area contributed by atoms with E-state index in [4.69, 9.17) is 0 Å². The van der Waals surface area contributed by atoms with Crippen molar-refractivity contribution < 1.29 is 14.0 Å².